The van der Waals surface area contributed by atoms with Crippen molar-refractivity contribution < 1.29 is 38.1 Å². The van der Waals surface area contributed by atoms with Gasteiger partial charge in [-0.25, -0.2) is 8.78 Å². The third kappa shape index (κ3) is 9.19. The molecule has 1 amide bonds. The highest BCUT2D eigenvalue weighted by molar-refractivity contribution is 6.15. The molecule has 2 aromatic heterocycles. The molecule has 75 heavy (non-hydrogen) atoms. The average molecular weight is 1030 g/mol. The van der Waals surface area contributed by atoms with Crippen molar-refractivity contribution >= 4 is 56.3 Å². The van der Waals surface area contributed by atoms with E-state index in [-0.39, 0.29) is 57.8 Å². The number of hydrogen-bond acceptors (Lipinski definition) is 13. The lowest BCUT2D eigenvalue weighted by Gasteiger charge is -2.54. The summed E-state index contributed by atoms with van der Waals surface area (Å²) in [7, 11) is 0. The van der Waals surface area contributed by atoms with Crippen LogP contribution in [0, 0.1) is 28.4 Å². The third-order valence-electron chi connectivity index (χ3n) is 18.4. The topological polar surface area (TPSA) is 156 Å². The number of aliphatic hydroxyl groups is 1. The van der Waals surface area contributed by atoms with Crippen molar-refractivity contribution in [1.82, 2.24) is 24.8 Å². The van der Waals surface area contributed by atoms with Gasteiger partial charge in [0.25, 0.3) is 0 Å². The Morgan fingerprint density at radius 3 is 2.35 bits per heavy atom. The van der Waals surface area contributed by atoms with Crippen LogP contribution in [-0.4, -0.2) is 136 Å². The Labute approximate surface area is 437 Å². The maximum atomic E-state index is 17.2. The molecular weight excluding hydrogens is 955 g/mol. The SMILES string of the molecule is CCc1c(F)ccc2cc(O)cc(-c3ncc4c(N5CCC[C@@](C)(O)C5)nc(OCC5(CN6CCC7(CC6)CC(CN6CCN(c8ccc9c(c8)C(C)(C)C(=O)N9C8CCC(=O)CC8=O)CC6)C7)CC5)nc4c3F)c12. The van der Waals surface area contributed by atoms with Gasteiger partial charge >= 0.3 is 6.01 Å². The van der Waals surface area contributed by atoms with Crippen molar-refractivity contribution in [1.29, 1.82) is 0 Å². The number of phenolic OH excluding ortho intramolecular Hbond substituents is 1. The normalized spacial score (nSPS) is 24.9. The van der Waals surface area contributed by atoms with Crippen LogP contribution < -0.4 is 19.4 Å². The number of aromatic nitrogens is 3. The van der Waals surface area contributed by atoms with Crippen molar-refractivity contribution in [2.75, 3.05) is 86.8 Å². The van der Waals surface area contributed by atoms with E-state index in [2.05, 4.69) is 31.8 Å². The van der Waals surface area contributed by atoms with Gasteiger partial charge in [0.15, 0.2) is 11.6 Å². The Balaban J connectivity index is 0.665. The molecule has 3 saturated carbocycles. The van der Waals surface area contributed by atoms with E-state index in [1.54, 1.807) is 30.2 Å². The Hall–Kier alpha value is -5.84. The first-order valence-electron chi connectivity index (χ1n) is 27.5. The number of Topliss-reactive ketones (excluding diaryl/α,β-unsaturated/α-hetero) is 2. The fourth-order valence-electron chi connectivity index (χ4n) is 14.0. The number of likely N-dealkylation sites (tertiary alicyclic amines) is 1. The van der Waals surface area contributed by atoms with Crippen molar-refractivity contribution in [2.45, 2.75) is 122 Å². The summed E-state index contributed by atoms with van der Waals surface area (Å²) < 4.78 is 38.9. The molecule has 16 heteroatoms. The van der Waals surface area contributed by atoms with Crippen LogP contribution in [0.2, 0.25) is 0 Å². The smallest absolute Gasteiger partial charge is 0.319 e. The number of benzene rings is 3. The Bertz CT molecular complexity index is 3120. The van der Waals surface area contributed by atoms with E-state index < -0.39 is 28.7 Å². The van der Waals surface area contributed by atoms with E-state index in [4.69, 9.17) is 14.7 Å². The number of ketones is 2. The number of carbonyl (C=O) groups is 3. The zero-order valence-electron chi connectivity index (χ0n) is 43.9. The first-order valence-corrected chi connectivity index (χ1v) is 27.5. The maximum Gasteiger partial charge on any atom is 0.319 e. The number of β-amino-alcohol motifs (C(OH)–C–C–N with tert-alkyl or cyclic N) is 1. The van der Waals surface area contributed by atoms with Gasteiger partial charge < -0.3 is 34.5 Å². The number of phenols is 1. The molecule has 6 fully saturated rings. The van der Waals surface area contributed by atoms with Gasteiger partial charge in [0.1, 0.15) is 34.4 Å². The number of fused-ring (bicyclic) bond motifs is 3. The predicted octanol–water partition coefficient (Wildman–Crippen LogP) is 8.53. The van der Waals surface area contributed by atoms with Gasteiger partial charge in [-0.2, -0.15) is 9.97 Å². The average Bonchev–Trinajstić information content (AvgIpc) is 4.12. The number of anilines is 3. The monoisotopic (exact) mass is 1020 g/mol. The van der Waals surface area contributed by atoms with Crippen molar-refractivity contribution in [2.24, 2.45) is 16.7 Å². The Morgan fingerprint density at radius 1 is 0.853 bits per heavy atom. The molecule has 2 atom stereocenters. The van der Waals surface area contributed by atoms with Crippen LogP contribution in [0.1, 0.15) is 109 Å². The number of hydrogen-bond donors (Lipinski definition) is 2. The molecule has 3 aliphatic carbocycles. The number of rotatable bonds is 12. The second kappa shape index (κ2) is 18.7. The number of halogens is 2. The highest BCUT2D eigenvalue weighted by atomic mass is 19.1. The molecule has 3 aromatic carbocycles. The highest BCUT2D eigenvalue weighted by Crippen LogP contribution is 2.54. The first kappa shape index (κ1) is 50.0. The van der Waals surface area contributed by atoms with Crippen LogP contribution in [0.25, 0.3) is 32.9 Å². The van der Waals surface area contributed by atoms with E-state index in [1.807, 2.05) is 31.7 Å². The van der Waals surface area contributed by atoms with Gasteiger partial charge in [-0.05, 0) is 168 Å². The molecule has 14 nitrogen and oxygen atoms in total. The highest BCUT2D eigenvalue weighted by Gasteiger charge is 2.51. The van der Waals surface area contributed by atoms with E-state index in [0.29, 0.717) is 84.3 Å². The molecule has 12 rings (SSSR count). The van der Waals surface area contributed by atoms with Crippen molar-refractivity contribution in [3.63, 3.8) is 0 Å². The molecule has 3 saturated heterocycles. The number of carbonyl (C=O) groups excluding carboxylic acids is 3. The molecule has 5 aromatic rings. The number of aromatic hydroxyl groups is 1. The molecule has 1 spiro atoms. The van der Waals surface area contributed by atoms with Crippen LogP contribution in [-0.2, 0) is 26.2 Å². The summed E-state index contributed by atoms with van der Waals surface area (Å²) in [4.78, 5) is 64.1. The van der Waals surface area contributed by atoms with Gasteiger partial charge in [-0.3, -0.25) is 24.3 Å². The van der Waals surface area contributed by atoms with E-state index in [9.17, 15) is 24.6 Å². The van der Waals surface area contributed by atoms with Crippen molar-refractivity contribution in [3.05, 3.63) is 71.4 Å². The third-order valence-corrected chi connectivity index (χ3v) is 18.4. The number of piperazine rings is 1. The fourth-order valence-corrected chi connectivity index (χ4v) is 14.0. The minimum atomic E-state index is -0.962. The summed E-state index contributed by atoms with van der Waals surface area (Å²) in [5.74, 6) is -0.317. The first-order chi connectivity index (χ1) is 35.9. The lowest BCUT2D eigenvalue weighted by molar-refractivity contribution is -0.133. The lowest BCUT2D eigenvalue weighted by Crippen LogP contribution is -2.53. The van der Waals surface area contributed by atoms with Crippen LogP contribution in [0.4, 0.5) is 26.0 Å². The van der Waals surface area contributed by atoms with Crippen molar-refractivity contribution in [3.8, 4) is 23.0 Å². The largest absolute Gasteiger partial charge is 0.508 e. The maximum absolute atomic E-state index is 17.2. The standard InChI is InChI=1S/C59H70F2N8O6/c1-5-41-45(60)10-7-37-25-40(71)27-42(49(37)41)51-50(61)52-43(31-62-51)53(68-18-6-13-57(4,74)33-68)64-55(63-52)75-35-59(14-15-59)34-66-19-16-58(17-20-66)29-36(30-58)32-65-21-23-67(24-22-65)38-8-11-46-44(26-38)56(2,3)54(73)69(46)47-12-9-39(70)28-48(47)72/h7-8,10-11,25-27,31,36,47,71,74H,5-6,9,12-24,28-30,32-35H2,1-4H3/t47?,57-/m1/s1. The zero-order valence-corrected chi connectivity index (χ0v) is 43.9. The number of pyridine rings is 1. The molecule has 4 aliphatic heterocycles. The number of amides is 1. The summed E-state index contributed by atoms with van der Waals surface area (Å²) >= 11 is 0. The van der Waals surface area contributed by atoms with Crippen LogP contribution in [0.3, 0.4) is 0 Å². The summed E-state index contributed by atoms with van der Waals surface area (Å²) in [6.45, 7) is 16.9. The minimum absolute atomic E-state index is 0.0200. The number of piperidine rings is 2. The van der Waals surface area contributed by atoms with E-state index >= 15 is 8.78 Å². The second-order valence-corrected chi connectivity index (χ2v) is 24.4. The molecule has 6 heterocycles. The van der Waals surface area contributed by atoms with Gasteiger partial charge in [-0.1, -0.05) is 13.0 Å². The molecule has 0 bridgehead atoms. The second-order valence-electron chi connectivity index (χ2n) is 24.4. The van der Waals surface area contributed by atoms with Gasteiger partial charge in [0, 0.05) is 87.3 Å². The fraction of sp³-hybridized carbons (Fsp3) is 0.559. The van der Waals surface area contributed by atoms with Gasteiger partial charge in [-0.15, -0.1) is 0 Å². The Kier molecular flexibility index (Phi) is 12.5. The number of ether oxygens (including phenoxy) is 1. The van der Waals surface area contributed by atoms with Gasteiger partial charge in [0.05, 0.1) is 35.5 Å². The quantitative estimate of drug-likeness (QED) is 0.115. The summed E-state index contributed by atoms with van der Waals surface area (Å²) in [5.41, 5.74) is 2.20. The van der Waals surface area contributed by atoms with E-state index in [0.717, 1.165) is 88.6 Å². The molecule has 7 aliphatic rings. The molecule has 0 radical (unpaired) electrons. The summed E-state index contributed by atoms with van der Waals surface area (Å²) in [6.07, 6.45) is 10.9. The zero-order chi connectivity index (χ0) is 52.2. The van der Waals surface area contributed by atoms with E-state index in [1.165, 1.54) is 37.8 Å². The summed E-state index contributed by atoms with van der Waals surface area (Å²) in [6, 6.07) is 11.7. The van der Waals surface area contributed by atoms with Gasteiger partial charge in [0.2, 0.25) is 5.91 Å². The molecule has 396 valence electrons. The predicted molar refractivity (Wildman–Crippen MR) is 285 cm³/mol. The molecular formula is C59H70F2N8O6. The molecule has 2 N–H and O–H groups in total. The summed E-state index contributed by atoms with van der Waals surface area (Å²) in [5, 5.41) is 23.3. The minimum Gasteiger partial charge on any atom is -0.508 e. The van der Waals surface area contributed by atoms with Crippen LogP contribution in [0.15, 0.2) is 48.7 Å². The number of aryl methyl sites for hydroxylation is 1. The lowest BCUT2D eigenvalue weighted by atomic mass is 9.57. The number of nitrogens with zero attached hydrogens (tertiary/aromatic N) is 8. The van der Waals surface area contributed by atoms with Crippen LogP contribution >= 0.6 is 0 Å². The molecule has 1 unspecified atom stereocenters. The van der Waals surface area contributed by atoms with Crippen LogP contribution in [0.5, 0.6) is 11.8 Å². The Morgan fingerprint density at radius 2 is 1.63 bits per heavy atom.